The lowest BCUT2D eigenvalue weighted by Crippen LogP contribution is -2.48. The van der Waals surface area contributed by atoms with Gasteiger partial charge in [0.2, 0.25) is 5.91 Å². The van der Waals surface area contributed by atoms with E-state index >= 15 is 0 Å². The number of nitrogens with zero attached hydrogens (tertiary/aromatic N) is 1. The van der Waals surface area contributed by atoms with Crippen LogP contribution in [0.5, 0.6) is 0 Å². The molecule has 2 aliphatic rings. The van der Waals surface area contributed by atoms with Crippen molar-refractivity contribution in [3.8, 4) is 0 Å². The van der Waals surface area contributed by atoms with Gasteiger partial charge in [-0.2, -0.15) is 0 Å². The third-order valence-corrected chi connectivity index (χ3v) is 2.82. The van der Waals surface area contributed by atoms with E-state index in [1.165, 1.54) is 0 Å². The summed E-state index contributed by atoms with van der Waals surface area (Å²) in [6.45, 7) is 7.22. The zero-order valence-electron chi connectivity index (χ0n) is 8.33. The quantitative estimate of drug-likeness (QED) is 0.573. The van der Waals surface area contributed by atoms with Gasteiger partial charge in [-0.15, -0.1) is 0 Å². The molecule has 2 heterocycles. The molecule has 0 aromatic carbocycles. The van der Waals surface area contributed by atoms with Gasteiger partial charge < -0.3 is 15.0 Å². The van der Waals surface area contributed by atoms with Gasteiger partial charge in [0, 0.05) is 20.0 Å². The normalized spacial score (nSPS) is 36.4. The van der Waals surface area contributed by atoms with Crippen LogP contribution in [0.25, 0.3) is 0 Å². The monoisotopic (exact) mass is 184 g/mol. The van der Waals surface area contributed by atoms with Crippen molar-refractivity contribution in [1.29, 1.82) is 0 Å². The van der Waals surface area contributed by atoms with Crippen molar-refractivity contribution in [2.75, 3.05) is 13.1 Å². The van der Waals surface area contributed by atoms with E-state index in [0.717, 1.165) is 13.1 Å². The van der Waals surface area contributed by atoms with E-state index in [4.69, 9.17) is 4.74 Å². The van der Waals surface area contributed by atoms with Gasteiger partial charge in [-0.05, 0) is 13.8 Å². The molecule has 74 valence electrons. The van der Waals surface area contributed by atoms with E-state index in [1.807, 2.05) is 18.7 Å². The fourth-order valence-electron chi connectivity index (χ4n) is 2.46. The second kappa shape index (κ2) is 2.69. The molecule has 0 bridgehead atoms. The molecule has 4 heteroatoms. The summed E-state index contributed by atoms with van der Waals surface area (Å²) in [6, 6.07) is 0.229. The Labute approximate surface area is 78.2 Å². The summed E-state index contributed by atoms with van der Waals surface area (Å²) in [5.41, 5.74) is -0.427. The smallest absolute Gasteiger partial charge is 0.222 e. The molecule has 0 saturated carbocycles. The molecule has 2 aliphatic heterocycles. The molecule has 1 amide bonds. The van der Waals surface area contributed by atoms with Gasteiger partial charge in [-0.25, -0.2) is 0 Å². The third kappa shape index (κ3) is 1.25. The number of ether oxygens (including phenoxy) is 1. The first kappa shape index (κ1) is 8.97. The maximum Gasteiger partial charge on any atom is 0.222 e. The average Bonchev–Trinajstić information content (AvgIpc) is 2.41. The molecular weight excluding hydrogens is 168 g/mol. The number of rotatable bonds is 0. The van der Waals surface area contributed by atoms with Crippen LogP contribution in [0.3, 0.4) is 0 Å². The van der Waals surface area contributed by atoms with Gasteiger partial charge in [0.05, 0.1) is 12.1 Å². The van der Waals surface area contributed by atoms with Crippen LogP contribution in [0.1, 0.15) is 20.8 Å². The Morgan fingerprint density at radius 2 is 2.23 bits per heavy atom. The maximum atomic E-state index is 11.4. The second-order valence-electron chi connectivity index (χ2n) is 4.22. The van der Waals surface area contributed by atoms with Crippen molar-refractivity contribution in [3.05, 3.63) is 0 Å². The van der Waals surface area contributed by atoms with E-state index in [1.54, 1.807) is 6.92 Å². The van der Waals surface area contributed by atoms with E-state index in [-0.39, 0.29) is 18.1 Å². The van der Waals surface area contributed by atoms with Gasteiger partial charge >= 0.3 is 0 Å². The Kier molecular flexibility index (Phi) is 1.85. The zero-order chi connectivity index (χ0) is 9.64. The summed E-state index contributed by atoms with van der Waals surface area (Å²) < 4.78 is 5.79. The van der Waals surface area contributed by atoms with Crippen LogP contribution in [-0.4, -0.2) is 41.8 Å². The fourth-order valence-corrected chi connectivity index (χ4v) is 2.46. The molecule has 0 aliphatic carbocycles. The highest BCUT2D eigenvalue weighted by Gasteiger charge is 2.50. The molecule has 0 unspecified atom stereocenters. The van der Waals surface area contributed by atoms with E-state index in [2.05, 4.69) is 5.32 Å². The minimum atomic E-state index is -0.427. The average molecular weight is 184 g/mol. The molecule has 4 nitrogen and oxygen atoms in total. The molecule has 0 spiro atoms. The minimum Gasteiger partial charge on any atom is -0.349 e. The van der Waals surface area contributed by atoms with Gasteiger partial charge in [0.25, 0.3) is 0 Å². The molecule has 0 aromatic heterocycles. The standard InChI is InChI=1S/C9H16N2O2/c1-6(12)11-7-4-10-5-8(7)13-9(11,2)3/h7-8,10H,4-5H2,1-3H3/t7-,8-/m1/s1. The van der Waals surface area contributed by atoms with Crippen LogP contribution in [-0.2, 0) is 9.53 Å². The van der Waals surface area contributed by atoms with Crippen LogP contribution in [0.4, 0.5) is 0 Å². The van der Waals surface area contributed by atoms with Crippen molar-refractivity contribution in [1.82, 2.24) is 10.2 Å². The van der Waals surface area contributed by atoms with E-state index in [0.29, 0.717) is 0 Å². The largest absolute Gasteiger partial charge is 0.349 e. The van der Waals surface area contributed by atoms with Crippen LogP contribution in [0.2, 0.25) is 0 Å². The molecule has 2 rings (SSSR count). The first-order valence-corrected chi connectivity index (χ1v) is 4.71. The molecule has 2 saturated heterocycles. The Hall–Kier alpha value is -0.610. The molecular formula is C9H16N2O2. The number of carbonyl (C=O) groups is 1. The molecule has 1 N–H and O–H groups in total. The number of hydrogen-bond donors (Lipinski definition) is 1. The van der Waals surface area contributed by atoms with Crippen LogP contribution in [0.15, 0.2) is 0 Å². The van der Waals surface area contributed by atoms with Gasteiger partial charge in [-0.3, -0.25) is 4.79 Å². The number of hydrogen-bond acceptors (Lipinski definition) is 3. The summed E-state index contributed by atoms with van der Waals surface area (Å²) in [5, 5.41) is 3.23. The Balaban J connectivity index is 2.25. The summed E-state index contributed by atoms with van der Waals surface area (Å²) >= 11 is 0. The van der Waals surface area contributed by atoms with Crippen LogP contribution >= 0.6 is 0 Å². The second-order valence-corrected chi connectivity index (χ2v) is 4.22. The third-order valence-electron chi connectivity index (χ3n) is 2.82. The van der Waals surface area contributed by atoms with Crippen molar-refractivity contribution >= 4 is 5.91 Å². The van der Waals surface area contributed by atoms with Crippen molar-refractivity contribution in [3.63, 3.8) is 0 Å². The lowest BCUT2D eigenvalue weighted by Gasteiger charge is -2.32. The molecule has 0 aromatic rings. The Morgan fingerprint density at radius 3 is 2.85 bits per heavy atom. The first-order chi connectivity index (χ1) is 6.02. The molecule has 2 fully saturated rings. The van der Waals surface area contributed by atoms with E-state index < -0.39 is 5.72 Å². The minimum absolute atomic E-state index is 0.0983. The highest BCUT2D eigenvalue weighted by atomic mass is 16.5. The SMILES string of the molecule is CC(=O)N1[C@@H]2CNC[C@H]2OC1(C)C. The van der Waals surface area contributed by atoms with Crippen molar-refractivity contribution in [2.24, 2.45) is 0 Å². The molecule has 13 heavy (non-hydrogen) atoms. The van der Waals surface area contributed by atoms with Gasteiger partial charge in [-0.1, -0.05) is 0 Å². The zero-order valence-corrected chi connectivity index (χ0v) is 8.33. The van der Waals surface area contributed by atoms with Crippen LogP contribution in [0, 0.1) is 0 Å². The maximum absolute atomic E-state index is 11.4. The highest BCUT2D eigenvalue weighted by Crippen LogP contribution is 2.33. The lowest BCUT2D eigenvalue weighted by molar-refractivity contribution is -0.145. The number of amides is 1. The number of fused-ring (bicyclic) bond motifs is 1. The Morgan fingerprint density at radius 1 is 1.54 bits per heavy atom. The van der Waals surface area contributed by atoms with Crippen molar-refractivity contribution < 1.29 is 9.53 Å². The van der Waals surface area contributed by atoms with Gasteiger partial charge in [0.1, 0.15) is 5.72 Å². The van der Waals surface area contributed by atoms with E-state index in [9.17, 15) is 4.79 Å². The summed E-state index contributed by atoms with van der Waals surface area (Å²) in [5.74, 6) is 0.0983. The van der Waals surface area contributed by atoms with Gasteiger partial charge in [0.15, 0.2) is 0 Å². The first-order valence-electron chi connectivity index (χ1n) is 4.71. The molecule has 0 radical (unpaired) electrons. The highest BCUT2D eigenvalue weighted by molar-refractivity contribution is 5.74. The predicted molar refractivity (Wildman–Crippen MR) is 48.1 cm³/mol. The molecule has 2 atom stereocenters. The predicted octanol–water partition coefficient (Wildman–Crippen LogP) is -0.0584. The lowest BCUT2D eigenvalue weighted by atomic mass is 10.2. The summed E-state index contributed by atoms with van der Waals surface area (Å²) in [7, 11) is 0. The topological polar surface area (TPSA) is 41.6 Å². The Bertz CT molecular complexity index is 240. The van der Waals surface area contributed by atoms with Crippen molar-refractivity contribution in [2.45, 2.75) is 38.6 Å². The number of nitrogens with one attached hydrogen (secondary N) is 1. The fraction of sp³-hybridized carbons (Fsp3) is 0.889. The number of carbonyl (C=O) groups excluding carboxylic acids is 1. The summed E-state index contributed by atoms with van der Waals surface area (Å²) in [4.78, 5) is 13.3. The summed E-state index contributed by atoms with van der Waals surface area (Å²) in [6.07, 6.45) is 0.180. The van der Waals surface area contributed by atoms with Crippen LogP contribution < -0.4 is 5.32 Å².